The van der Waals surface area contributed by atoms with Gasteiger partial charge in [0.05, 0.1) is 0 Å². The minimum Gasteiger partial charge on any atom is -0.328 e. The van der Waals surface area contributed by atoms with Crippen molar-refractivity contribution in [1.82, 2.24) is 0 Å². The predicted octanol–water partition coefficient (Wildman–Crippen LogP) is 2.55. The van der Waals surface area contributed by atoms with Gasteiger partial charge in [0, 0.05) is 12.0 Å². The molecule has 70 valence electrons. The predicted molar refractivity (Wildman–Crippen MR) is 54.7 cm³/mol. The first-order valence-electron chi connectivity index (χ1n) is 4.88. The smallest absolute Gasteiger partial charge is 0.0143 e. The largest absolute Gasteiger partial charge is 0.328 e. The molecule has 0 atom stereocenters. The van der Waals surface area contributed by atoms with Crippen molar-refractivity contribution >= 4 is 0 Å². The molecule has 1 rings (SSSR count). The zero-order valence-electron chi connectivity index (χ0n) is 8.34. The zero-order chi connectivity index (χ0) is 9.40. The Morgan fingerprint density at radius 2 is 1.67 bits per heavy atom. The highest BCUT2D eigenvalue weighted by Gasteiger charge is 2.06. The number of rotatable bonds is 0. The van der Waals surface area contributed by atoms with E-state index in [2.05, 4.69) is 5.92 Å². The Kier molecular flexibility index (Phi) is 6.90. The lowest BCUT2D eigenvalue weighted by Crippen LogP contribution is -2.22. The molecule has 0 aromatic carbocycles. The van der Waals surface area contributed by atoms with Gasteiger partial charge in [-0.15, -0.1) is 12.3 Å². The fourth-order valence-electron chi connectivity index (χ4n) is 1.13. The van der Waals surface area contributed by atoms with Crippen molar-refractivity contribution in [3.63, 3.8) is 0 Å². The molecule has 0 aromatic heterocycles. The van der Waals surface area contributed by atoms with Crippen molar-refractivity contribution in [2.75, 3.05) is 0 Å². The Bertz CT molecular complexity index is 126. The second-order valence-electron chi connectivity index (χ2n) is 3.72. The minimum atomic E-state index is 0.412. The molecular weight excluding hydrogens is 146 g/mol. The molecule has 0 radical (unpaired) electrons. The fourth-order valence-corrected chi connectivity index (χ4v) is 1.13. The van der Waals surface area contributed by atoms with E-state index >= 15 is 0 Å². The van der Waals surface area contributed by atoms with Crippen molar-refractivity contribution < 1.29 is 0 Å². The SMILES string of the molecule is C#CC(C)C.NC1CCCCC1. The average molecular weight is 167 g/mol. The molecule has 0 aliphatic heterocycles. The maximum Gasteiger partial charge on any atom is 0.0143 e. The Morgan fingerprint density at radius 3 is 1.83 bits per heavy atom. The molecule has 0 unspecified atom stereocenters. The van der Waals surface area contributed by atoms with E-state index < -0.39 is 0 Å². The molecule has 0 aromatic rings. The van der Waals surface area contributed by atoms with E-state index in [1.165, 1.54) is 32.1 Å². The van der Waals surface area contributed by atoms with Crippen LogP contribution in [0.4, 0.5) is 0 Å². The van der Waals surface area contributed by atoms with Crippen molar-refractivity contribution in [2.24, 2.45) is 11.7 Å². The maximum absolute atomic E-state index is 5.63. The Balaban J connectivity index is 0.000000217. The summed E-state index contributed by atoms with van der Waals surface area (Å²) in [6.07, 6.45) is 11.6. The van der Waals surface area contributed by atoms with Crippen LogP contribution in [0.2, 0.25) is 0 Å². The molecule has 1 saturated carbocycles. The van der Waals surface area contributed by atoms with Crippen molar-refractivity contribution in [2.45, 2.75) is 52.0 Å². The van der Waals surface area contributed by atoms with Gasteiger partial charge in [0.2, 0.25) is 0 Å². The van der Waals surface area contributed by atoms with Crippen LogP contribution in [0.25, 0.3) is 0 Å². The molecule has 12 heavy (non-hydrogen) atoms. The number of hydrogen-bond donors (Lipinski definition) is 1. The minimum absolute atomic E-state index is 0.412. The summed E-state index contributed by atoms with van der Waals surface area (Å²) in [7, 11) is 0. The average Bonchev–Trinajstić information content (AvgIpc) is 2.07. The van der Waals surface area contributed by atoms with E-state index in [-0.39, 0.29) is 0 Å². The zero-order valence-corrected chi connectivity index (χ0v) is 8.34. The second kappa shape index (κ2) is 7.18. The van der Waals surface area contributed by atoms with Crippen LogP contribution in [0.15, 0.2) is 0 Å². The van der Waals surface area contributed by atoms with E-state index in [1.807, 2.05) is 13.8 Å². The third-order valence-electron chi connectivity index (χ3n) is 1.98. The van der Waals surface area contributed by atoms with Crippen LogP contribution in [0.1, 0.15) is 46.0 Å². The van der Waals surface area contributed by atoms with Gasteiger partial charge in [0.15, 0.2) is 0 Å². The van der Waals surface area contributed by atoms with Gasteiger partial charge in [-0.25, -0.2) is 0 Å². The van der Waals surface area contributed by atoms with E-state index in [1.54, 1.807) is 0 Å². The standard InChI is InChI=1S/C6H13N.C5H8/c7-6-4-2-1-3-5-6;1-4-5(2)3/h6H,1-5,7H2;1,5H,2-3H3. The van der Waals surface area contributed by atoms with Crippen LogP contribution < -0.4 is 5.73 Å². The molecule has 1 nitrogen and oxygen atoms in total. The summed E-state index contributed by atoms with van der Waals surface area (Å²) in [5.74, 6) is 2.94. The Morgan fingerprint density at radius 1 is 1.25 bits per heavy atom. The molecule has 0 spiro atoms. The van der Waals surface area contributed by atoms with E-state index in [9.17, 15) is 0 Å². The van der Waals surface area contributed by atoms with Gasteiger partial charge in [0.25, 0.3) is 0 Å². The van der Waals surface area contributed by atoms with Gasteiger partial charge in [0.1, 0.15) is 0 Å². The fraction of sp³-hybridized carbons (Fsp3) is 0.818. The molecule has 2 N–H and O–H groups in total. The molecule has 1 heteroatoms. The van der Waals surface area contributed by atoms with Crippen LogP contribution in [0.5, 0.6) is 0 Å². The lowest BCUT2D eigenvalue weighted by atomic mass is 9.97. The van der Waals surface area contributed by atoms with Gasteiger partial charge in [-0.2, -0.15) is 0 Å². The van der Waals surface area contributed by atoms with Crippen LogP contribution in [-0.2, 0) is 0 Å². The number of nitrogens with two attached hydrogens (primary N) is 1. The summed E-state index contributed by atoms with van der Waals surface area (Å²) in [4.78, 5) is 0. The monoisotopic (exact) mass is 167 g/mol. The van der Waals surface area contributed by atoms with E-state index in [4.69, 9.17) is 12.2 Å². The van der Waals surface area contributed by atoms with Crippen LogP contribution in [0.3, 0.4) is 0 Å². The quantitative estimate of drug-likeness (QED) is 0.551. The van der Waals surface area contributed by atoms with Crippen molar-refractivity contribution in [1.29, 1.82) is 0 Å². The van der Waals surface area contributed by atoms with Gasteiger partial charge in [-0.1, -0.05) is 33.1 Å². The molecule has 0 bridgehead atoms. The maximum atomic E-state index is 5.63. The Hall–Kier alpha value is -0.480. The van der Waals surface area contributed by atoms with Crippen molar-refractivity contribution in [3.05, 3.63) is 0 Å². The first-order valence-corrected chi connectivity index (χ1v) is 4.88. The molecule has 0 amide bonds. The summed E-state index contributed by atoms with van der Waals surface area (Å²) >= 11 is 0. The van der Waals surface area contributed by atoms with Crippen LogP contribution >= 0.6 is 0 Å². The van der Waals surface area contributed by atoms with Crippen LogP contribution in [-0.4, -0.2) is 6.04 Å². The highest BCUT2D eigenvalue weighted by atomic mass is 14.6. The molecule has 1 aliphatic carbocycles. The second-order valence-corrected chi connectivity index (χ2v) is 3.72. The first kappa shape index (κ1) is 11.5. The van der Waals surface area contributed by atoms with Gasteiger partial charge in [-0.05, 0) is 12.8 Å². The van der Waals surface area contributed by atoms with E-state index in [0.29, 0.717) is 12.0 Å². The van der Waals surface area contributed by atoms with E-state index in [0.717, 1.165) is 0 Å². The number of hydrogen-bond acceptors (Lipinski definition) is 1. The highest BCUT2D eigenvalue weighted by Crippen LogP contribution is 2.14. The summed E-state index contributed by atoms with van der Waals surface area (Å²) in [6.45, 7) is 3.97. The Labute approximate surface area is 76.7 Å². The molecular formula is C11H21N. The third-order valence-corrected chi connectivity index (χ3v) is 1.98. The van der Waals surface area contributed by atoms with Crippen LogP contribution in [0, 0.1) is 18.3 Å². The molecule has 1 aliphatic rings. The van der Waals surface area contributed by atoms with Gasteiger partial charge >= 0.3 is 0 Å². The summed E-state index contributed by atoms with van der Waals surface area (Å²) < 4.78 is 0. The molecule has 1 fully saturated rings. The summed E-state index contributed by atoms with van der Waals surface area (Å²) in [5, 5.41) is 0. The number of terminal acetylenes is 1. The normalized spacial score (nSPS) is 17.9. The van der Waals surface area contributed by atoms with Gasteiger partial charge in [-0.3, -0.25) is 0 Å². The molecule has 0 heterocycles. The highest BCUT2D eigenvalue weighted by molar-refractivity contribution is 4.86. The van der Waals surface area contributed by atoms with Crippen molar-refractivity contribution in [3.8, 4) is 12.3 Å². The first-order chi connectivity index (χ1) is 5.66. The lowest BCUT2D eigenvalue weighted by Gasteiger charge is -2.15. The summed E-state index contributed by atoms with van der Waals surface area (Å²) in [6, 6.07) is 0.536. The van der Waals surface area contributed by atoms with Gasteiger partial charge < -0.3 is 5.73 Å². The summed E-state index contributed by atoms with van der Waals surface area (Å²) in [5.41, 5.74) is 5.63. The lowest BCUT2D eigenvalue weighted by molar-refractivity contribution is 0.441. The third kappa shape index (κ3) is 7.63. The molecule has 0 saturated heterocycles. The topological polar surface area (TPSA) is 26.0 Å².